The second-order valence-corrected chi connectivity index (χ2v) is 6.62. The smallest absolute Gasteiger partial charge is 0.340 e. The summed E-state index contributed by atoms with van der Waals surface area (Å²) < 4.78 is 5.16. The fourth-order valence-electron chi connectivity index (χ4n) is 2.33. The van der Waals surface area contributed by atoms with Crippen LogP contribution in [0.25, 0.3) is 0 Å². The Labute approximate surface area is 142 Å². The molecule has 0 saturated carbocycles. The molecule has 4 heteroatoms. The number of para-hydroxylation sites is 1. The molecule has 2 rings (SSSR count). The van der Waals surface area contributed by atoms with Crippen molar-refractivity contribution < 1.29 is 14.3 Å². The first-order valence-electron chi connectivity index (χ1n) is 7.90. The monoisotopic (exact) mass is 325 g/mol. The molecule has 0 aliphatic heterocycles. The predicted octanol–water partition coefficient (Wildman–Crippen LogP) is 4.07. The lowest BCUT2D eigenvalue weighted by Crippen LogP contribution is -2.16. The molecule has 0 bridgehead atoms. The largest absolute Gasteiger partial charge is 0.454 e. The third-order valence-corrected chi connectivity index (χ3v) is 3.82. The van der Waals surface area contributed by atoms with Crippen molar-refractivity contribution in [2.45, 2.75) is 26.2 Å². The number of carbonyl (C=O) groups is 2. The average Bonchev–Trinajstić information content (AvgIpc) is 2.58. The highest BCUT2D eigenvalue weighted by atomic mass is 16.5. The van der Waals surface area contributed by atoms with Gasteiger partial charge in [-0.2, -0.15) is 0 Å². The van der Waals surface area contributed by atoms with E-state index in [-0.39, 0.29) is 17.8 Å². The van der Waals surface area contributed by atoms with Crippen LogP contribution < -0.4 is 5.32 Å². The summed E-state index contributed by atoms with van der Waals surface area (Å²) in [5.41, 5.74) is 2.81. The molecule has 0 aromatic heterocycles. The molecule has 0 unspecified atom stereocenters. The zero-order valence-electron chi connectivity index (χ0n) is 14.6. The summed E-state index contributed by atoms with van der Waals surface area (Å²) in [5, 5.41) is 2.93. The van der Waals surface area contributed by atoms with Crippen molar-refractivity contribution in [3.63, 3.8) is 0 Å². The second-order valence-electron chi connectivity index (χ2n) is 6.62. The molecule has 0 aliphatic rings. The third kappa shape index (κ3) is 4.22. The number of anilines is 1. The van der Waals surface area contributed by atoms with E-state index in [4.69, 9.17) is 4.74 Å². The molecule has 0 saturated heterocycles. The van der Waals surface area contributed by atoms with E-state index in [9.17, 15) is 9.59 Å². The minimum absolute atomic E-state index is 0.0326. The topological polar surface area (TPSA) is 55.4 Å². The molecule has 0 heterocycles. The molecular formula is C20H23NO3. The minimum Gasteiger partial charge on any atom is -0.454 e. The van der Waals surface area contributed by atoms with Gasteiger partial charge >= 0.3 is 5.97 Å². The minimum atomic E-state index is -0.514. The Bertz CT molecular complexity index is 727. The Hall–Kier alpha value is -2.62. The Morgan fingerprint density at radius 3 is 2.21 bits per heavy atom. The Kier molecular flexibility index (Phi) is 5.39. The van der Waals surface area contributed by atoms with Crippen LogP contribution in [0.3, 0.4) is 0 Å². The molecule has 0 atom stereocenters. The average molecular weight is 325 g/mol. The van der Waals surface area contributed by atoms with E-state index in [2.05, 4.69) is 26.1 Å². The SMILES string of the molecule is CNc1ccccc1C(=O)OCC(=O)c1ccc(C(C)(C)C)cc1. The standard InChI is InChI=1S/C20H23NO3/c1-20(2,3)15-11-9-14(10-12-15)18(22)13-24-19(23)16-7-5-6-8-17(16)21-4/h5-12,21H,13H2,1-4H3. The fourth-order valence-corrected chi connectivity index (χ4v) is 2.33. The van der Waals surface area contributed by atoms with E-state index in [1.165, 1.54) is 0 Å². The lowest BCUT2D eigenvalue weighted by atomic mass is 9.86. The van der Waals surface area contributed by atoms with Gasteiger partial charge in [-0.3, -0.25) is 4.79 Å². The summed E-state index contributed by atoms with van der Waals surface area (Å²) in [5.74, 6) is -0.731. The van der Waals surface area contributed by atoms with Crippen molar-refractivity contribution >= 4 is 17.4 Å². The van der Waals surface area contributed by atoms with Crippen LogP contribution in [0.1, 0.15) is 47.1 Å². The van der Waals surface area contributed by atoms with Crippen LogP contribution in [0.5, 0.6) is 0 Å². The number of nitrogens with one attached hydrogen (secondary N) is 1. The summed E-state index contributed by atoms with van der Waals surface area (Å²) in [6.45, 7) is 6.08. The molecule has 0 radical (unpaired) electrons. The van der Waals surface area contributed by atoms with Gasteiger partial charge in [0.15, 0.2) is 12.4 Å². The number of hydrogen-bond acceptors (Lipinski definition) is 4. The van der Waals surface area contributed by atoms with Crippen LogP contribution in [0.4, 0.5) is 5.69 Å². The van der Waals surface area contributed by atoms with E-state index in [0.717, 1.165) is 5.56 Å². The van der Waals surface area contributed by atoms with E-state index >= 15 is 0 Å². The van der Waals surface area contributed by atoms with E-state index in [1.807, 2.05) is 18.2 Å². The van der Waals surface area contributed by atoms with Crippen molar-refractivity contribution in [2.24, 2.45) is 0 Å². The Morgan fingerprint density at radius 2 is 1.62 bits per heavy atom. The highest BCUT2D eigenvalue weighted by molar-refractivity contribution is 6.00. The number of ketones is 1. The number of rotatable bonds is 5. The lowest BCUT2D eigenvalue weighted by molar-refractivity contribution is 0.0475. The molecule has 24 heavy (non-hydrogen) atoms. The molecule has 0 spiro atoms. The van der Waals surface area contributed by atoms with Gasteiger partial charge in [0.05, 0.1) is 5.56 Å². The van der Waals surface area contributed by atoms with Crippen molar-refractivity contribution in [3.8, 4) is 0 Å². The molecule has 0 aliphatic carbocycles. The number of ether oxygens (including phenoxy) is 1. The Morgan fingerprint density at radius 1 is 1.00 bits per heavy atom. The third-order valence-electron chi connectivity index (χ3n) is 3.82. The highest BCUT2D eigenvalue weighted by Gasteiger charge is 2.16. The van der Waals surface area contributed by atoms with E-state index in [1.54, 1.807) is 37.4 Å². The summed E-state index contributed by atoms with van der Waals surface area (Å²) >= 11 is 0. The van der Waals surface area contributed by atoms with Crippen molar-refractivity contribution in [1.82, 2.24) is 0 Å². The molecule has 2 aromatic rings. The zero-order valence-corrected chi connectivity index (χ0v) is 14.6. The summed E-state index contributed by atoms with van der Waals surface area (Å²) in [6.07, 6.45) is 0. The van der Waals surface area contributed by atoms with Crippen LogP contribution in [-0.2, 0) is 10.2 Å². The van der Waals surface area contributed by atoms with Gasteiger partial charge in [-0.15, -0.1) is 0 Å². The predicted molar refractivity (Wildman–Crippen MR) is 95.7 cm³/mol. The number of esters is 1. The fraction of sp³-hybridized carbons (Fsp3) is 0.300. The number of Topliss-reactive ketones (excluding diaryl/α,β-unsaturated/α-hetero) is 1. The van der Waals surface area contributed by atoms with Crippen molar-refractivity contribution in [2.75, 3.05) is 19.0 Å². The van der Waals surface area contributed by atoms with Gasteiger partial charge in [-0.1, -0.05) is 57.2 Å². The first-order valence-corrected chi connectivity index (χ1v) is 7.90. The number of carbonyl (C=O) groups excluding carboxylic acids is 2. The quantitative estimate of drug-likeness (QED) is 0.665. The van der Waals surface area contributed by atoms with Crippen LogP contribution in [0.2, 0.25) is 0 Å². The van der Waals surface area contributed by atoms with Crippen LogP contribution in [-0.4, -0.2) is 25.4 Å². The first-order chi connectivity index (χ1) is 11.3. The molecule has 0 fully saturated rings. The molecule has 4 nitrogen and oxygen atoms in total. The number of benzene rings is 2. The molecule has 2 aromatic carbocycles. The van der Waals surface area contributed by atoms with Gasteiger partial charge in [0.2, 0.25) is 0 Å². The van der Waals surface area contributed by atoms with Gasteiger partial charge in [0.1, 0.15) is 0 Å². The van der Waals surface area contributed by atoms with Gasteiger partial charge in [0.25, 0.3) is 0 Å². The maximum Gasteiger partial charge on any atom is 0.340 e. The van der Waals surface area contributed by atoms with Crippen molar-refractivity contribution in [3.05, 3.63) is 65.2 Å². The molecule has 0 amide bonds. The summed E-state index contributed by atoms with van der Waals surface area (Å²) in [6, 6.07) is 14.4. The Balaban J connectivity index is 2.01. The second kappa shape index (κ2) is 7.30. The van der Waals surface area contributed by atoms with Crippen LogP contribution >= 0.6 is 0 Å². The lowest BCUT2D eigenvalue weighted by Gasteiger charge is -2.19. The highest BCUT2D eigenvalue weighted by Crippen LogP contribution is 2.22. The van der Waals surface area contributed by atoms with Crippen LogP contribution in [0.15, 0.2) is 48.5 Å². The summed E-state index contributed by atoms with van der Waals surface area (Å²) in [4.78, 5) is 24.3. The molecular weight excluding hydrogens is 302 g/mol. The molecule has 1 N–H and O–H groups in total. The normalized spacial score (nSPS) is 11.0. The van der Waals surface area contributed by atoms with Gasteiger partial charge in [0, 0.05) is 18.3 Å². The van der Waals surface area contributed by atoms with Gasteiger partial charge in [-0.25, -0.2) is 4.79 Å². The maximum atomic E-state index is 12.2. The molecule has 126 valence electrons. The number of hydrogen-bond donors (Lipinski definition) is 1. The maximum absolute atomic E-state index is 12.2. The van der Waals surface area contributed by atoms with E-state index < -0.39 is 5.97 Å². The van der Waals surface area contributed by atoms with Crippen molar-refractivity contribution in [1.29, 1.82) is 0 Å². The van der Waals surface area contributed by atoms with E-state index in [0.29, 0.717) is 16.8 Å². The van der Waals surface area contributed by atoms with Gasteiger partial charge < -0.3 is 10.1 Å². The van der Waals surface area contributed by atoms with Crippen LogP contribution in [0, 0.1) is 0 Å². The zero-order chi connectivity index (χ0) is 17.7. The summed E-state index contributed by atoms with van der Waals surface area (Å²) in [7, 11) is 1.73. The van der Waals surface area contributed by atoms with Gasteiger partial charge in [-0.05, 0) is 23.1 Å². The first kappa shape index (κ1) is 17.7.